The van der Waals surface area contributed by atoms with Crippen LogP contribution in [-0.2, 0) is 0 Å². The summed E-state index contributed by atoms with van der Waals surface area (Å²) >= 11 is 1.55. The van der Waals surface area contributed by atoms with E-state index in [4.69, 9.17) is 0 Å². The molecule has 1 aromatic carbocycles. The number of piperidine rings is 1. The van der Waals surface area contributed by atoms with Crippen molar-refractivity contribution in [1.29, 1.82) is 0 Å². The SMILES string of the molecule is CCN1CCCC(c2nccn2-c2ccc3sncc3c2)C1. The number of nitrogens with zero attached hydrogens (tertiary/aromatic N) is 4. The zero-order valence-electron chi connectivity index (χ0n) is 12.8. The van der Waals surface area contributed by atoms with Crippen LogP contribution in [0.3, 0.4) is 0 Å². The molecule has 0 saturated carbocycles. The number of hydrogen-bond acceptors (Lipinski definition) is 4. The van der Waals surface area contributed by atoms with E-state index in [1.165, 1.54) is 41.0 Å². The van der Waals surface area contributed by atoms with Gasteiger partial charge in [-0.05, 0) is 55.7 Å². The van der Waals surface area contributed by atoms with Gasteiger partial charge in [0.25, 0.3) is 0 Å². The van der Waals surface area contributed by atoms with Gasteiger partial charge in [0.05, 0.1) is 4.70 Å². The standard InChI is InChI=1S/C17H20N4S/c1-2-20-8-3-4-13(12-20)17-18-7-9-21(17)15-5-6-16-14(10-15)11-19-22-16/h5-7,9-11,13H,2-4,8,12H2,1H3. The van der Waals surface area contributed by atoms with Gasteiger partial charge in [0.1, 0.15) is 5.82 Å². The van der Waals surface area contributed by atoms with Crippen LogP contribution in [0.5, 0.6) is 0 Å². The summed E-state index contributed by atoms with van der Waals surface area (Å²) < 4.78 is 7.75. The summed E-state index contributed by atoms with van der Waals surface area (Å²) in [6.07, 6.45) is 8.45. The third-order valence-electron chi connectivity index (χ3n) is 4.60. The molecule has 0 radical (unpaired) electrons. The molecule has 1 aliphatic heterocycles. The Morgan fingerprint density at radius 3 is 3.23 bits per heavy atom. The quantitative estimate of drug-likeness (QED) is 0.740. The Balaban J connectivity index is 1.69. The molecule has 0 N–H and O–H groups in total. The molecule has 1 saturated heterocycles. The largest absolute Gasteiger partial charge is 0.303 e. The van der Waals surface area contributed by atoms with Crippen molar-refractivity contribution in [3.8, 4) is 5.69 Å². The molecule has 1 aliphatic rings. The molecule has 22 heavy (non-hydrogen) atoms. The van der Waals surface area contributed by atoms with E-state index in [0.717, 1.165) is 13.1 Å². The molecule has 3 heterocycles. The fourth-order valence-corrected chi connectivity index (χ4v) is 4.02. The van der Waals surface area contributed by atoms with Crippen molar-refractivity contribution < 1.29 is 0 Å². The predicted molar refractivity (Wildman–Crippen MR) is 90.8 cm³/mol. The smallest absolute Gasteiger partial charge is 0.117 e. The van der Waals surface area contributed by atoms with Crippen molar-refractivity contribution in [3.63, 3.8) is 0 Å². The predicted octanol–water partition coefficient (Wildman–Crippen LogP) is 3.68. The summed E-state index contributed by atoms with van der Waals surface area (Å²) in [6, 6.07) is 6.54. The van der Waals surface area contributed by atoms with E-state index in [0.29, 0.717) is 5.92 Å². The molecule has 1 fully saturated rings. The molecule has 0 bridgehead atoms. The highest BCUT2D eigenvalue weighted by Gasteiger charge is 2.24. The zero-order valence-corrected chi connectivity index (χ0v) is 13.6. The molecule has 1 unspecified atom stereocenters. The lowest BCUT2D eigenvalue weighted by molar-refractivity contribution is 0.213. The van der Waals surface area contributed by atoms with Gasteiger partial charge in [-0.3, -0.25) is 0 Å². The van der Waals surface area contributed by atoms with Crippen molar-refractivity contribution in [3.05, 3.63) is 42.6 Å². The highest BCUT2D eigenvalue weighted by Crippen LogP contribution is 2.29. The van der Waals surface area contributed by atoms with Gasteiger partial charge in [0.15, 0.2) is 0 Å². The lowest BCUT2D eigenvalue weighted by Crippen LogP contribution is -2.35. The van der Waals surface area contributed by atoms with Crippen LogP contribution in [0.1, 0.15) is 31.5 Å². The molecule has 4 nitrogen and oxygen atoms in total. The van der Waals surface area contributed by atoms with Gasteiger partial charge in [-0.25, -0.2) is 4.98 Å². The molecule has 2 aromatic heterocycles. The first-order chi connectivity index (χ1) is 10.8. The van der Waals surface area contributed by atoms with Crippen LogP contribution >= 0.6 is 11.5 Å². The van der Waals surface area contributed by atoms with Crippen molar-refractivity contribution in [2.24, 2.45) is 0 Å². The number of benzene rings is 1. The maximum absolute atomic E-state index is 4.68. The lowest BCUT2D eigenvalue weighted by atomic mass is 9.97. The molecule has 0 aliphatic carbocycles. The van der Waals surface area contributed by atoms with E-state index in [1.807, 2.05) is 12.4 Å². The lowest BCUT2D eigenvalue weighted by Gasteiger charge is -2.31. The Labute approximate surface area is 134 Å². The van der Waals surface area contributed by atoms with Gasteiger partial charge in [-0.1, -0.05) is 6.92 Å². The topological polar surface area (TPSA) is 34.0 Å². The van der Waals surface area contributed by atoms with Crippen LogP contribution < -0.4 is 0 Å². The Morgan fingerprint density at radius 2 is 2.32 bits per heavy atom. The van der Waals surface area contributed by atoms with Gasteiger partial charge in [0, 0.05) is 42.1 Å². The second-order valence-electron chi connectivity index (χ2n) is 5.94. The van der Waals surface area contributed by atoms with Crippen LogP contribution in [-0.4, -0.2) is 38.5 Å². The molecule has 1 atom stereocenters. The molecule has 4 rings (SSSR count). The van der Waals surface area contributed by atoms with Gasteiger partial charge < -0.3 is 9.47 Å². The summed E-state index contributed by atoms with van der Waals surface area (Å²) in [6.45, 7) is 5.71. The second-order valence-corrected chi connectivity index (χ2v) is 6.77. The summed E-state index contributed by atoms with van der Waals surface area (Å²) in [5.41, 5.74) is 1.19. The van der Waals surface area contributed by atoms with Gasteiger partial charge in [-0.2, -0.15) is 4.37 Å². The summed E-state index contributed by atoms with van der Waals surface area (Å²) in [7, 11) is 0. The first-order valence-corrected chi connectivity index (χ1v) is 8.73. The molecular weight excluding hydrogens is 292 g/mol. The molecule has 0 spiro atoms. The fraction of sp³-hybridized carbons (Fsp3) is 0.412. The van der Waals surface area contributed by atoms with Crippen LogP contribution in [0.2, 0.25) is 0 Å². The number of likely N-dealkylation sites (N-methyl/N-ethyl adjacent to an activating group) is 1. The third-order valence-corrected chi connectivity index (χ3v) is 5.38. The molecule has 0 amide bonds. The van der Waals surface area contributed by atoms with Gasteiger partial charge in [-0.15, -0.1) is 0 Å². The Kier molecular flexibility index (Phi) is 3.68. The van der Waals surface area contributed by atoms with E-state index in [2.05, 4.69) is 50.1 Å². The van der Waals surface area contributed by atoms with E-state index in [9.17, 15) is 0 Å². The minimum Gasteiger partial charge on any atom is -0.303 e. The molecular formula is C17H20N4S. The van der Waals surface area contributed by atoms with Crippen molar-refractivity contribution >= 4 is 21.6 Å². The summed E-state index contributed by atoms with van der Waals surface area (Å²) in [5, 5.41) is 1.21. The van der Waals surface area contributed by atoms with Crippen LogP contribution in [0.15, 0.2) is 36.8 Å². The highest BCUT2D eigenvalue weighted by molar-refractivity contribution is 7.13. The highest BCUT2D eigenvalue weighted by atomic mass is 32.1. The Hall–Kier alpha value is -1.72. The maximum atomic E-state index is 4.68. The number of aromatic nitrogens is 3. The number of fused-ring (bicyclic) bond motifs is 1. The number of likely N-dealkylation sites (tertiary alicyclic amines) is 1. The zero-order chi connectivity index (χ0) is 14.9. The van der Waals surface area contributed by atoms with Crippen molar-refractivity contribution in [2.75, 3.05) is 19.6 Å². The van der Waals surface area contributed by atoms with Crippen LogP contribution in [0.25, 0.3) is 15.8 Å². The molecule has 114 valence electrons. The normalized spacial score (nSPS) is 19.8. The van der Waals surface area contributed by atoms with Crippen molar-refractivity contribution in [1.82, 2.24) is 18.8 Å². The van der Waals surface area contributed by atoms with Crippen LogP contribution in [0.4, 0.5) is 0 Å². The number of rotatable bonds is 3. The van der Waals surface area contributed by atoms with E-state index >= 15 is 0 Å². The average Bonchev–Trinajstić information content (AvgIpc) is 3.23. The van der Waals surface area contributed by atoms with Crippen molar-refractivity contribution in [2.45, 2.75) is 25.7 Å². The fourth-order valence-electron chi connectivity index (χ4n) is 3.40. The summed E-state index contributed by atoms with van der Waals surface area (Å²) in [5.74, 6) is 1.72. The molecule has 5 heteroatoms. The van der Waals surface area contributed by atoms with Crippen LogP contribution in [0, 0.1) is 0 Å². The first-order valence-electron chi connectivity index (χ1n) is 7.95. The number of imidazole rings is 1. The second kappa shape index (κ2) is 5.82. The summed E-state index contributed by atoms with van der Waals surface area (Å²) in [4.78, 5) is 7.20. The van der Waals surface area contributed by atoms with E-state index in [1.54, 1.807) is 11.5 Å². The Bertz CT molecular complexity index is 776. The number of hydrogen-bond donors (Lipinski definition) is 0. The monoisotopic (exact) mass is 312 g/mol. The third kappa shape index (κ3) is 2.44. The maximum Gasteiger partial charge on any atom is 0.117 e. The average molecular weight is 312 g/mol. The van der Waals surface area contributed by atoms with Gasteiger partial charge in [0.2, 0.25) is 0 Å². The van der Waals surface area contributed by atoms with E-state index < -0.39 is 0 Å². The first kappa shape index (κ1) is 13.9. The van der Waals surface area contributed by atoms with E-state index in [-0.39, 0.29) is 0 Å². The van der Waals surface area contributed by atoms with Gasteiger partial charge >= 0.3 is 0 Å². The minimum atomic E-state index is 0.528. The molecule has 3 aromatic rings. The minimum absolute atomic E-state index is 0.528. The Morgan fingerprint density at radius 1 is 1.36 bits per heavy atom.